The molecule has 0 unspecified atom stereocenters. The Morgan fingerprint density at radius 1 is 1.10 bits per heavy atom. The summed E-state index contributed by atoms with van der Waals surface area (Å²) in [5, 5.41) is 3.94. The zero-order valence-corrected chi connectivity index (χ0v) is 18.1. The number of benzene rings is 1. The van der Waals surface area contributed by atoms with Crippen molar-refractivity contribution in [3.63, 3.8) is 0 Å². The second-order valence-corrected chi connectivity index (χ2v) is 8.82. The Hall–Kier alpha value is -2.85. The van der Waals surface area contributed by atoms with Crippen molar-refractivity contribution < 1.29 is 22.7 Å². The molecule has 1 aromatic carbocycles. The first-order valence-corrected chi connectivity index (χ1v) is 11.0. The maximum Gasteiger partial charge on any atom is 0.246 e. The van der Waals surface area contributed by atoms with Crippen LogP contribution >= 0.6 is 0 Å². The molecule has 0 saturated carbocycles. The summed E-state index contributed by atoms with van der Waals surface area (Å²) < 4.78 is 38.9. The number of hydrogen-bond acceptors (Lipinski definition) is 6. The molecule has 10 heteroatoms. The van der Waals surface area contributed by atoms with Crippen LogP contribution in [0.25, 0.3) is 6.08 Å². The van der Waals surface area contributed by atoms with Gasteiger partial charge in [-0.15, -0.1) is 0 Å². The van der Waals surface area contributed by atoms with Crippen LogP contribution in [0.2, 0.25) is 0 Å². The normalized spacial score (nSPS) is 15.9. The fourth-order valence-corrected chi connectivity index (χ4v) is 4.72. The van der Waals surface area contributed by atoms with Gasteiger partial charge in [-0.3, -0.25) is 9.48 Å². The lowest BCUT2D eigenvalue weighted by atomic mass is 10.2. The topological polar surface area (TPSA) is 94.0 Å². The number of ether oxygens (including phenoxy) is 2. The molecule has 1 aliphatic rings. The molecule has 1 saturated heterocycles. The van der Waals surface area contributed by atoms with E-state index in [1.54, 1.807) is 44.4 Å². The Bertz CT molecular complexity index is 1030. The van der Waals surface area contributed by atoms with Gasteiger partial charge < -0.3 is 14.4 Å². The zero-order chi connectivity index (χ0) is 21.7. The first-order chi connectivity index (χ1) is 14.3. The summed E-state index contributed by atoms with van der Waals surface area (Å²) in [5.74, 6) is 1.03. The van der Waals surface area contributed by atoms with E-state index in [0.29, 0.717) is 37.6 Å². The average Bonchev–Trinajstić information content (AvgIpc) is 3.03. The molecule has 2 aromatic rings. The van der Waals surface area contributed by atoms with Crippen molar-refractivity contribution >= 4 is 22.0 Å². The van der Waals surface area contributed by atoms with Crippen molar-refractivity contribution in [2.75, 3.05) is 40.4 Å². The van der Waals surface area contributed by atoms with Crippen molar-refractivity contribution in [1.82, 2.24) is 19.0 Å². The van der Waals surface area contributed by atoms with Gasteiger partial charge in [0.25, 0.3) is 0 Å². The summed E-state index contributed by atoms with van der Waals surface area (Å²) in [5.41, 5.74) is 0.802. The zero-order valence-electron chi connectivity index (χ0n) is 17.3. The predicted octanol–water partition coefficient (Wildman–Crippen LogP) is 1.37. The molecule has 0 N–H and O–H groups in total. The molecule has 3 rings (SSSR count). The number of aryl methyl sites for hydroxylation is 1. The molecular formula is C20H26N4O5S. The van der Waals surface area contributed by atoms with E-state index < -0.39 is 10.0 Å². The van der Waals surface area contributed by atoms with Gasteiger partial charge in [0.05, 0.1) is 20.4 Å². The number of carbonyl (C=O) groups excluding carboxylic acids is 1. The van der Waals surface area contributed by atoms with Gasteiger partial charge in [-0.2, -0.15) is 9.40 Å². The van der Waals surface area contributed by atoms with Crippen LogP contribution in [0.3, 0.4) is 0 Å². The van der Waals surface area contributed by atoms with Crippen LogP contribution in [-0.2, 0) is 21.9 Å². The minimum atomic E-state index is -3.62. The van der Waals surface area contributed by atoms with Gasteiger partial charge >= 0.3 is 0 Å². The van der Waals surface area contributed by atoms with Gasteiger partial charge in [-0.1, -0.05) is 6.07 Å². The molecule has 1 aliphatic heterocycles. The lowest BCUT2D eigenvalue weighted by Crippen LogP contribution is -2.36. The summed E-state index contributed by atoms with van der Waals surface area (Å²) in [7, 11) is 1.18. The highest BCUT2D eigenvalue weighted by molar-refractivity contribution is 7.89. The molecular weight excluding hydrogens is 408 g/mol. The second kappa shape index (κ2) is 9.31. The summed E-state index contributed by atoms with van der Waals surface area (Å²) in [4.78, 5) is 14.5. The summed E-state index contributed by atoms with van der Waals surface area (Å²) in [6.45, 7) is 1.43. The number of carbonyl (C=O) groups is 1. The molecule has 0 atom stereocenters. The lowest BCUT2D eigenvalue weighted by molar-refractivity contribution is -0.125. The van der Waals surface area contributed by atoms with Crippen LogP contribution in [0.4, 0.5) is 0 Å². The quantitative estimate of drug-likeness (QED) is 0.638. The lowest BCUT2D eigenvalue weighted by Gasteiger charge is -2.20. The number of methoxy groups -OCH3 is 2. The SMILES string of the molecule is COc1ccc(/C=C/C(=O)N2CCCN(S(=O)(=O)c3cnn(C)c3)CC2)cc1OC. The van der Waals surface area contributed by atoms with Gasteiger partial charge in [-0.05, 0) is 30.2 Å². The number of amides is 1. The van der Waals surface area contributed by atoms with E-state index in [1.807, 2.05) is 6.07 Å². The van der Waals surface area contributed by atoms with E-state index in [0.717, 1.165) is 5.56 Å². The van der Waals surface area contributed by atoms with E-state index in [9.17, 15) is 13.2 Å². The van der Waals surface area contributed by atoms with E-state index in [-0.39, 0.29) is 17.3 Å². The number of hydrogen-bond donors (Lipinski definition) is 0. The molecule has 0 radical (unpaired) electrons. The number of sulfonamides is 1. The molecule has 2 heterocycles. The van der Waals surface area contributed by atoms with E-state index in [4.69, 9.17) is 9.47 Å². The molecule has 1 amide bonds. The standard InChI is InChI=1S/C20H26N4O5S/c1-22-15-17(14-21-22)30(26,27)24-10-4-9-23(11-12-24)20(25)8-6-16-5-7-18(28-2)19(13-16)29-3/h5-8,13-15H,4,9-12H2,1-3H3/b8-6+. The van der Waals surface area contributed by atoms with Gasteiger partial charge in [0.1, 0.15) is 4.90 Å². The minimum absolute atomic E-state index is 0.162. The largest absolute Gasteiger partial charge is 0.493 e. The van der Waals surface area contributed by atoms with Gasteiger partial charge in [0, 0.05) is 45.5 Å². The van der Waals surface area contributed by atoms with E-state index in [2.05, 4.69) is 5.10 Å². The van der Waals surface area contributed by atoms with Crippen molar-refractivity contribution in [3.8, 4) is 11.5 Å². The predicted molar refractivity (Wildman–Crippen MR) is 112 cm³/mol. The Morgan fingerprint density at radius 3 is 2.53 bits per heavy atom. The van der Waals surface area contributed by atoms with Crippen LogP contribution in [0.1, 0.15) is 12.0 Å². The molecule has 162 valence electrons. The highest BCUT2D eigenvalue weighted by Gasteiger charge is 2.28. The Labute approximate surface area is 176 Å². The smallest absolute Gasteiger partial charge is 0.246 e. The highest BCUT2D eigenvalue weighted by Crippen LogP contribution is 2.28. The fraction of sp³-hybridized carbons (Fsp3) is 0.400. The monoisotopic (exact) mass is 434 g/mol. The highest BCUT2D eigenvalue weighted by atomic mass is 32.2. The Balaban J connectivity index is 1.65. The van der Waals surface area contributed by atoms with Crippen LogP contribution in [-0.4, -0.2) is 73.7 Å². The van der Waals surface area contributed by atoms with Crippen LogP contribution in [0.15, 0.2) is 41.6 Å². The van der Waals surface area contributed by atoms with E-state index >= 15 is 0 Å². The van der Waals surface area contributed by atoms with Crippen molar-refractivity contribution in [2.45, 2.75) is 11.3 Å². The second-order valence-electron chi connectivity index (χ2n) is 6.88. The van der Waals surface area contributed by atoms with Crippen LogP contribution < -0.4 is 9.47 Å². The van der Waals surface area contributed by atoms with Crippen LogP contribution in [0, 0.1) is 0 Å². The third kappa shape index (κ3) is 4.82. The fourth-order valence-electron chi connectivity index (χ4n) is 3.26. The molecule has 9 nitrogen and oxygen atoms in total. The molecule has 0 bridgehead atoms. The molecule has 0 spiro atoms. The maximum absolute atomic E-state index is 12.8. The third-order valence-corrected chi connectivity index (χ3v) is 6.76. The maximum atomic E-state index is 12.8. The van der Waals surface area contributed by atoms with Crippen LogP contribution in [0.5, 0.6) is 11.5 Å². The van der Waals surface area contributed by atoms with E-state index in [1.165, 1.54) is 27.5 Å². The average molecular weight is 435 g/mol. The van der Waals surface area contributed by atoms with Gasteiger partial charge in [-0.25, -0.2) is 8.42 Å². The Kier molecular flexibility index (Phi) is 6.78. The molecule has 0 aliphatic carbocycles. The minimum Gasteiger partial charge on any atom is -0.493 e. The summed E-state index contributed by atoms with van der Waals surface area (Å²) >= 11 is 0. The first-order valence-electron chi connectivity index (χ1n) is 9.53. The van der Waals surface area contributed by atoms with Crippen molar-refractivity contribution in [1.29, 1.82) is 0 Å². The molecule has 1 fully saturated rings. The van der Waals surface area contributed by atoms with Crippen molar-refractivity contribution in [3.05, 3.63) is 42.2 Å². The third-order valence-electron chi connectivity index (χ3n) is 4.91. The number of nitrogens with zero attached hydrogens (tertiary/aromatic N) is 4. The number of aromatic nitrogens is 2. The number of rotatable bonds is 6. The van der Waals surface area contributed by atoms with Gasteiger partial charge in [0.15, 0.2) is 11.5 Å². The van der Waals surface area contributed by atoms with Crippen molar-refractivity contribution in [2.24, 2.45) is 7.05 Å². The Morgan fingerprint density at radius 2 is 1.87 bits per heavy atom. The molecule has 30 heavy (non-hydrogen) atoms. The summed E-state index contributed by atoms with van der Waals surface area (Å²) in [6, 6.07) is 5.39. The first kappa shape index (κ1) is 21.8. The molecule has 1 aromatic heterocycles. The van der Waals surface area contributed by atoms with Gasteiger partial charge in [0.2, 0.25) is 15.9 Å². The summed E-state index contributed by atoms with van der Waals surface area (Å²) in [6.07, 6.45) is 6.59.